The molecule has 5 heteroatoms. The first-order chi connectivity index (χ1) is 8.13. The zero-order valence-electron chi connectivity index (χ0n) is 9.77. The van der Waals surface area contributed by atoms with Gasteiger partial charge in [0, 0.05) is 26.7 Å². The molecule has 92 valence electrons. The monoisotopic (exact) mass is 237 g/mol. The molecule has 2 N–H and O–H groups in total. The lowest BCUT2D eigenvalue weighted by atomic mass is 10.1. The van der Waals surface area contributed by atoms with Gasteiger partial charge in [0.1, 0.15) is 5.82 Å². The summed E-state index contributed by atoms with van der Waals surface area (Å²) in [5.41, 5.74) is 6.45. The van der Waals surface area contributed by atoms with Crippen LogP contribution in [0.2, 0.25) is 0 Å². The van der Waals surface area contributed by atoms with Crippen molar-refractivity contribution < 1.29 is 9.18 Å². The molecular weight excluding hydrogens is 221 g/mol. The third-order valence-electron chi connectivity index (χ3n) is 3.02. The predicted molar refractivity (Wildman–Crippen MR) is 62.9 cm³/mol. The van der Waals surface area contributed by atoms with Crippen LogP contribution < -0.4 is 5.73 Å². The fraction of sp³-hybridized carbons (Fsp3) is 0.417. The molecule has 0 aromatic heterocycles. The summed E-state index contributed by atoms with van der Waals surface area (Å²) in [6.45, 7) is 1.56. The van der Waals surface area contributed by atoms with E-state index >= 15 is 0 Å². The van der Waals surface area contributed by atoms with Crippen LogP contribution in [0.1, 0.15) is 11.6 Å². The van der Waals surface area contributed by atoms with Crippen molar-refractivity contribution in [3.63, 3.8) is 0 Å². The van der Waals surface area contributed by atoms with Gasteiger partial charge in [-0.05, 0) is 17.7 Å². The number of amides is 2. The van der Waals surface area contributed by atoms with Crippen molar-refractivity contribution in [3.8, 4) is 0 Å². The Hall–Kier alpha value is -1.62. The van der Waals surface area contributed by atoms with Gasteiger partial charge in [0.25, 0.3) is 0 Å². The Balaban J connectivity index is 2.24. The molecule has 1 aromatic carbocycles. The molecular formula is C12H16FN3O. The van der Waals surface area contributed by atoms with E-state index in [9.17, 15) is 9.18 Å². The number of likely N-dealkylation sites (N-methyl/N-ethyl adjacent to an activating group) is 1. The predicted octanol–water partition coefficient (Wildman–Crippen LogP) is 1.19. The van der Waals surface area contributed by atoms with Crippen LogP contribution in [0.5, 0.6) is 0 Å². The fourth-order valence-corrected chi connectivity index (χ4v) is 2.15. The van der Waals surface area contributed by atoms with Gasteiger partial charge in [0.2, 0.25) is 0 Å². The van der Waals surface area contributed by atoms with Gasteiger partial charge in [-0.1, -0.05) is 12.1 Å². The number of benzene rings is 1. The summed E-state index contributed by atoms with van der Waals surface area (Å²) in [5.74, 6) is -0.267. The Morgan fingerprint density at radius 1 is 1.41 bits per heavy atom. The van der Waals surface area contributed by atoms with E-state index in [1.165, 1.54) is 12.1 Å². The molecule has 1 atom stereocenters. The SMILES string of the molecule is CN1CC(c2ccc(F)cc2)N(CCN)C1=O. The second kappa shape index (κ2) is 4.71. The summed E-state index contributed by atoms with van der Waals surface area (Å²) >= 11 is 0. The lowest BCUT2D eigenvalue weighted by molar-refractivity contribution is 0.192. The maximum atomic E-state index is 12.9. The third-order valence-corrected chi connectivity index (χ3v) is 3.02. The quantitative estimate of drug-likeness (QED) is 0.858. The van der Waals surface area contributed by atoms with E-state index in [1.807, 2.05) is 0 Å². The first kappa shape index (κ1) is 11.9. The van der Waals surface area contributed by atoms with Gasteiger partial charge >= 0.3 is 6.03 Å². The molecule has 1 aliphatic heterocycles. The Labute approximate surface area is 99.8 Å². The normalized spacial score (nSPS) is 20.2. The maximum absolute atomic E-state index is 12.9. The number of hydrogen-bond acceptors (Lipinski definition) is 2. The van der Waals surface area contributed by atoms with E-state index in [2.05, 4.69) is 0 Å². The second-order valence-electron chi connectivity index (χ2n) is 4.21. The Bertz CT molecular complexity index is 407. The molecule has 1 aromatic rings. The summed E-state index contributed by atoms with van der Waals surface area (Å²) in [6, 6.07) is 6.21. The minimum Gasteiger partial charge on any atom is -0.329 e. The van der Waals surface area contributed by atoms with Crippen LogP contribution in [0.25, 0.3) is 0 Å². The molecule has 1 aliphatic rings. The van der Waals surface area contributed by atoms with Gasteiger partial charge < -0.3 is 15.5 Å². The average molecular weight is 237 g/mol. The van der Waals surface area contributed by atoms with Crippen molar-refractivity contribution in [1.29, 1.82) is 0 Å². The van der Waals surface area contributed by atoms with Gasteiger partial charge in [0.15, 0.2) is 0 Å². The largest absolute Gasteiger partial charge is 0.329 e. The highest BCUT2D eigenvalue weighted by atomic mass is 19.1. The molecule has 1 saturated heterocycles. The van der Waals surface area contributed by atoms with Crippen LogP contribution in [0.15, 0.2) is 24.3 Å². The van der Waals surface area contributed by atoms with Crippen molar-refractivity contribution in [3.05, 3.63) is 35.6 Å². The van der Waals surface area contributed by atoms with E-state index in [0.29, 0.717) is 19.6 Å². The molecule has 1 fully saturated rings. The molecule has 0 radical (unpaired) electrons. The number of hydrogen-bond donors (Lipinski definition) is 1. The second-order valence-corrected chi connectivity index (χ2v) is 4.21. The number of nitrogens with two attached hydrogens (primary N) is 1. The van der Waals surface area contributed by atoms with Crippen LogP contribution in [0.4, 0.5) is 9.18 Å². The van der Waals surface area contributed by atoms with Crippen LogP contribution in [-0.2, 0) is 0 Å². The van der Waals surface area contributed by atoms with E-state index in [1.54, 1.807) is 29.0 Å². The van der Waals surface area contributed by atoms with Gasteiger partial charge in [-0.3, -0.25) is 0 Å². The molecule has 2 rings (SSSR count). The molecule has 4 nitrogen and oxygen atoms in total. The summed E-state index contributed by atoms with van der Waals surface area (Å²) in [5, 5.41) is 0. The Kier molecular flexibility index (Phi) is 3.28. The zero-order valence-corrected chi connectivity index (χ0v) is 9.77. The molecule has 0 saturated carbocycles. The van der Waals surface area contributed by atoms with E-state index in [0.717, 1.165) is 5.56 Å². The molecule has 2 amide bonds. The van der Waals surface area contributed by atoms with Crippen molar-refractivity contribution >= 4 is 6.03 Å². The summed E-state index contributed by atoms with van der Waals surface area (Å²) in [4.78, 5) is 15.3. The number of rotatable bonds is 3. The molecule has 0 spiro atoms. The summed E-state index contributed by atoms with van der Waals surface area (Å²) < 4.78 is 12.9. The van der Waals surface area contributed by atoms with Crippen LogP contribution >= 0.6 is 0 Å². The number of halogens is 1. The fourth-order valence-electron chi connectivity index (χ4n) is 2.15. The van der Waals surface area contributed by atoms with Crippen molar-refractivity contribution in [2.24, 2.45) is 5.73 Å². The van der Waals surface area contributed by atoms with E-state index < -0.39 is 0 Å². The van der Waals surface area contributed by atoms with E-state index in [4.69, 9.17) is 5.73 Å². The first-order valence-corrected chi connectivity index (χ1v) is 5.60. The topological polar surface area (TPSA) is 49.6 Å². The Morgan fingerprint density at radius 3 is 2.65 bits per heavy atom. The van der Waals surface area contributed by atoms with Crippen molar-refractivity contribution in [2.45, 2.75) is 6.04 Å². The molecule has 1 unspecified atom stereocenters. The molecule has 0 aliphatic carbocycles. The lowest BCUT2D eigenvalue weighted by Gasteiger charge is -2.22. The first-order valence-electron chi connectivity index (χ1n) is 5.60. The summed E-state index contributed by atoms with van der Waals surface area (Å²) in [7, 11) is 1.76. The number of nitrogens with zero attached hydrogens (tertiary/aromatic N) is 2. The zero-order chi connectivity index (χ0) is 12.4. The van der Waals surface area contributed by atoms with Gasteiger partial charge in [-0.25, -0.2) is 9.18 Å². The highest BCUT2D eigenvalue weighted by Crippen LogP contribution is 2.28. The van der Waals surface area contributed by atoms with Crippen LogP contribution in [0.3, 0.4) is 0 Å². The number of urea groups is 1. The van der Waals surface area contributed by atoms with Crippen molar-refractivity contribution in [1.82, 2.24) is 9.80 Å². The maximum Gasteiger partial charge on any atom is 0.320 e. The van der Waals surface area contributed by atoms with E-state index in [-0.39, 0.29) is 17.9 Å². The van der Waals surface area contributed by atoms with Crippen LogP contribution in [-0.4, -0.2) is 42.5 Å². The highest BCUT2D eigenvalue weighted by molar-refractivity contribution is 5.77. The smallest absolute Gasteiger partial charge is 0.320 e. The summed E-state index contributed by atoms with van der Waals surface area (Å²) in [6.07, 6.45) is 0. The number of carbonyl (C=O) groups excluding carboxylic acids is 1. The molecule has 17 heavy (non-hydrogen) atoms. The van der Waals surface area contributed by atoms with Gasteiger partial charge in [0.05, 0.1) is 6.04 Å². The number of carbonyl (C=O) groups is 1. The standard InChI is InChI=1S/C12H16FN3O/c1-15-8-11(16(7-6-14)12(15)17)9-2-4-10(13)5-3-9/h2-5,11H,6-8,14H2,1H3. The highest BCUT2D eigenvalue weighted by Gasteiger charge is 2.35. The average Bonchev–Trinajstić information content (AvgIpc) is 2.59. The third kappa shape index (κ3) is 2.24. The minimum atomic E-state index is -0.267. The van der Waals surface area contributed by atoms with Crippen LogP contribution in [0, 0.1) is 5.82 Å². The van der Waals surface area contributed by atoms with Gasteiger partial charge in [-0.2, -0.15) is 0 Å². The van der Waals surface area contributed by atoms with Gasteiger partial charge in [-0.15, -0.1) is 0 Å². The minimum absolute atomic E-state index is 0.0234. The lowest BCUT2D eigenvalue weighted by Crippen LogP contribution is -2.34. The Morgan fingerprint density at radius 2 is 2.06 bits per heavy atom. The molecule has 1 heterocycles. The molecule has 0 bridgehead atoms. The van der Waals surface area contributed by atoms with Crippen molar-refractivity contribution in [2.75, 3.05) is 26.7 Å².